The summed E-state index contributed by atoms with van der Waals surface area (Å²) in [4.78, 5) is 19.7. The van der Waals surface area contributed by atoms with Crippen LogP contribution in [0.1, 0.15) is 36.9 Å². The largest absolute Gasteiger partial charge is 0.294 e. The molecule has 0 spiro atoms. The van der Waals surface area contributed by atoms with Crippen molar-refractivity contribution in [1.29, 1.82) is 0 Å². The zero-order valence-corrected chi connectivity index (χ0v) is 16.1. The van der Waals surface area contributed by atoms with Crippen LogP contribution in [0.2, 0.25) is 5.02 Å². The summed E-state index contributed by atoms with van der Waals surface area (Å²) in [6, 6.07) is 16.4. The molecule has 1 aromatic carbocycles. The molecule has 1 aliphatic rings. The fourth-order valence-corrected chi connectivity index (χ4v) is 4.15. The molecule has 0 N–H and O–H groups in total. The van der Waals surface area contributed by atoms with Crippen molar-refractivity contribution in [3.63, 3.8) is 0 Å². The molecule has 1 fully saturated rings. The van der Waals surface area contributed by atoms with Crippen LogP contribution in [0, 0.1) is 0 Å². The normalized spacial score (nSPS) is 15.0. The van der Waals surface area contributed by atoms with Gasteiger partial charge in [-0.2, -0.15) is 0 Å². The summed E-state index contributed by atoms with van der Waals surface area (Å²) in [5, 5.41) is 0.537. The standard InChI is InChI=1S/C22H24ClN3O/c23-18-10-11-21-24-19(14-22(27)26(21)15-18)16-25(20-8-4-5-9-20)13-12-17-6-2-1-3-7-17/h1-3,6-7,10-11,14-15,20H,4-5,8-9,12-13,16H2. The summed E-state index contributed by atoms with van der Waals surface area (Å²) in [6.07, 6.45) is 7.69. The van der Waals surface area contributed by atoms with E-state index in [1.807, 2.05) is 0 Å². The van der Waals surface area contributed by atoms with Crippen LogP contribution >= 0.6 is 11.6 Å². The van der Waals surface area contributed by atoms with Crippen LogP contribution in [0.5, 0.6) is 0 Å². The molecule has 1 saturated carbocycles. The lowest BCUT2D eigenvalue weighted by Crippen LogP contribution is -2.35. The first kappa shape index (κ1) is 18.2. The van der Waals surface area contributed by atoms with Crippen LogP contribution in [-0.4, -0.2) is 26.9 Å². The van der Waals surface area contributed by atoms with Crippen molar-refractivity contribution in [2.75, 3.05) is 6.54 Å². The molecule has 5 heteroatoms. The Labute approximate surface area is 164 Å². The summed E-state index contributed by atoms with van der Waals surface area (Å²) < 4.78 is 1.51. The molecule has 0 amide bonds. The highest BCUT2D eigenvalue weighted by Crippen LogP contribution is 2.25. The second-order valence-corrected chi connectivity index (χ2v) is 7.74. The lowest BCUT2D eigenvalue weighted by atomic mass is 10.1. The molecule has 2 aromatic heterocycles. The monoisotopic (exact) mass is 381 g/mol. The fraction of sp³-hybridized carbons (Fsp3) is 0.364. The number of nitrogens with zero attached hydrogens (tertiary/aromatic N) is 3. The van der Waals surface area contributed by atoms with Crippen molar-refractivity contribution in [2.45, 2.75) is 44.7 Å². The molecular weight excluding hydrogens is 358 g/mol. The van der Waals surface area contributed by atoms with Gasteiger partial charge in [-0.15, -0.1) is 0 Å². The van der Waals surface area contributed by atoms with Gasteiger partial charge in [0.05, 0.1) is 10.7 Å². The minimum Gasteiger partial charge on any atom is -0.294 e. The van der Waals surface area contributed by atoms with Gasteiger partial charge >= 0.3 is 0 Å². The highest BCUT2D eigenvalue weighted by Gasteiger charge is 2.23. The lowest BCUT2D eigenvalue weighted by Gasteiger charge is -2.28. The van der Waals surface area contributed by atoms with Crippen molar-refractivity contribution >= 4 is 17.2 Å². The Morgan fingerprint density at radius 1 is 1.11 bits per heavy atom. The first-order chi connectivity index (χ1) is 13.2. The summed E-state index contributed by atoms with van der Waals surface area (Å²) in [5.74, 6) is 0. The zero-order valence-electron chi connectivity index (χ0n) is 15.4. The van der Waals surface area contributed by atoms with Crippen molar-refractivity contribution < 1.29 is 0 Å². The molecular formula is C22H24ClN3O. The average Bonchev–Trinajstić information content (AvgIpc) is 3.21. The second kappa shape index (κ2) is 8.24. The van der Waals surface area contributed by atoms with Gasteiger partial charge in [-0.3, -0.25) is 14.1 Å². The van der Waals surface area contributed by atoms with Crippen molar-refractivity contribution in [3.8, 4) is 0 Å². The SMILES string of the molecule is O=c1cc(CN(CCc2ccccc2)C2CCCC2)nc2ccc(Cl)cn12. The van der Waals surface area contributed by atoms with Crippen LogP contribution in [0.4, 0.5) is 0 Å². The zero-order chi connectivity index (χ0) is 18.6. The first-order valence-corrected chi connectivity index (χ1v) is 10.0. The molecule has 1 aliphatic carbocycles. The van der Waals surface area contributed by atoms with Gasteiger partial charge in [-0.1, -0.05) is 54.8 Å². The average molecular weight is 382 g/mol. The van der Waals surface area contributed by atoms with E-state index in [-0.39, 0.29) is 5.56 Å². The molecule has 2 heterocycles. The van der Waals surface area contributed by atoms with Crippen LogP contribution in [0.25, 0.3) is 5.65 Å². The van der Waals surface area contributed by atoms with Crippen LogP contribution in [-0.2, 0) is 13.0 Å². The highest BCUT2D eigenvalue weighted by molar-refractivity contribution is 6.30. The van der Waals surface area contributed by atoms with Crippen LogP contribution < -0.4 is 5.56 Å². The van der Waals surface area contributed by atoms with Crippen molar-refractivity contribution in [2.24, 2.45) is 0 Å². The van der Waals surface area contributed by atoms with Gasteiger partial charge in [-0.05, 0) is 37.0 Å². The maximum Gasteiger partial charge on any atom is 0.258 e. The third-order valence-corrected chi connectivity index (χ3v) is 5.64. The Morgan fingerprint density at radius 2 is 1.89 bits per heavy atom. The summed E-state index contributed by atoms with van der Waals surface area (Å²) in [5.41, 5.74) is 2.76. The molecule has 0 radical (unpaired) electrons. The Hall–Kier alpha value is -2.17. The third kappa shape index (κ3) is 4.40. The molecule has 4 rings (SSSR count). The number of hydrogen-bond donors (Lipinski definition) is 0. The van der Waals surface area contributed by atoms with Gasteiger partial charge in [0.2, 0.25) is 0 Å². The van der Waals surface area contributed by atoms with Gasteiger partial charge < -0.3 is 0 Å². The lowest BCUT2D eigenvalue weighted by molar-refractivity contribution is 0.189. The smallest absolute Gasteiger partial charge is 0.258 e. The van der Waals surface area contributed by atoms with E-state index in [2.05, 4.69) is 35.2 Å². The Kier molecular flexibility index (Phi) is 5.55. The number of aromatic nitrogens is 2. The van der Waals surface area contributed by atoms with E-state index in [1.165, 1.54) is 35.6 Å². The summed E-state index contributed by atoms with van der Waals surface area (Å²) in [6.45, 7) is 1.70. The molecule has 140 valence electrons. The number of pyridine rings is 1. The Bertz CT molecular complexity index is 964. The van der Waals surface area contributed by atoms with E-state index in [1.54, 1.807) is 24.4 Å². The minimum absolute atomic E-state index is 0.0769. The Morgan fingerprint density at radius 3 is 2.67 bits per heavy atom. The number of halogens is 1. The molecule has 3 aromatic rings. The fourth-order valence-electron chi connectivity index (χ4n) is 3.99. The molecule has 27 heavy (non-hydrogen) atoms. The van der Waals surface area contributed by atoms with Crippen molar-refractivity contribution in [1.82, 2.24) is 14.3 Å². The highest BCUT2D eigenvalue weighted by atomic mass is 35.5. The molecule has 0 unspecified atom stereocenters. The Balaban J connectivity index is 1.56. The first-order valence-electron chi connectivity index (χ1n) is 9.65. The molecule has 4 nitrogen and oxygen atoms in total. The number of hydrogen-bond acceptors (Lipinski definition) is 3. The maximum atomic E-state index is 12.5. The van der Waals surface area contributed by atoms with Gasteiger partial charge in [-0.25, -0.2) is 4.98 Å². The molecule has 0 atom stereocenters. The van der Waals surface area contributed by atoms with E-state index in [0.717, 1.165) is 18.7 Å². The van der Waals surface area contributed by atoms with Crippen molar-refractivity contribution in [3.05, 3.63) is 81.4 Å². The van der Waals surface area contributed by atoms with Gasteiger partial charge in [0.1, 0.15) is 5.65 Å². The second-order valence-electron chi connectivity index (χ2n) is 7.31. The number of fused-ring (bicyclic) bond motifs is 1. The quantitative estimate of drug-likeness (QED) is 0.637. The summed E-state index contributed by atoms with van der Waals surface area (Å²) >= 11 is 6.00. The van der Waals surface area contributed by atoms with E-state index < -0.39 is 0 Å². The summed E-state index contributed by atoms with van der Waals surface area (Å²) in [7, 11) is 0. The van der Waals surface area contributed by atoms with Gasteiger partial charge in [0.25, 0.3) is 5.56 Å². The minimum atomic E-state index is -0.0769. The molecule has 0 bridgehead atoms. The third-order valence-electron chi connectivity index (χ3n) is 5.41. The van der Waals surface area contributed by atoms with E-state index in [4.69, 9.17) is 16.6 Å². The molecule has 0 saturated heterocycles. The predicted octanol–water partition coefficient (Wildman–Crippen LogP) is 4.34. The molecule has 0 aliphatic heterocycles. The van der Waals surface area contributed by atoms with Crippen LogP contribution in [0.15, 0.2) is 59.5 Å². The van der Waals surface area contributed by atoms with E-state index >= 15 is 0 Å². The number of rotatable bonds is 6. The predicted molar refractivity (Wildman–Crippen MR) is 109 cm³/mol. The van der Waals surface area contributed by atoms with Crippen LogP contribution in [0.3, 0.4) is 0 Å². The van der Waals surface area contributed by atoms with E-state index in [9.17, 15) is 4.79 Å². The number of benzene rings is 1. The van der Waals surface area contributed by atoms with Gasteiger partial charge in [0.15, 0.2) is 0 Å². The van der Waals surface area contributed by atoms with E-state index in [0.29, 0.717) is 23.3 Å². The maximum absolute atomic E-state index is 12.5. The van der Waals surface area contributed by atoms with Gasteiger partial charge in [0, 0.05) is 31.4 Å². The topological polar surface area (TPSA) is 37.6 Å².